The van der Waals surface area contributed by atoms with Crippen molar-refractivity contribution in [1.82, 2.24) is 0 Å². The minimum atomic E-state index is 1.14. The van der Waals surface area contributed by atoms with Crippen LogP contribution in [0.4, 0.5) is 0 Å². The Balaban J connectivity index is 2.95. The summed E-state index contributed by atoms with van der Waals surface area (Å²) in [5, 5.41) is 0. The van der Waals surface area contributed by atoms with E-state index in [1.165, 1.54) is 11.1 Å². The van der Waals surface area contributed by atoms with Gasteiger partial charge in [0.15, 0.2) is 0 Å². The molecule has 0 heterocycles. The number of hydrogen-bond donors (Lipinski definition) is 0. The van der Waals surface area contributed by atoms with Gasteiger partial charge in [0.25, 0.3) is 0 Å². The molecule has 10 heavy (non-hydrogen) atoms. The maximum absolute atomic E-state index is 2.19. The zero-order valence-corrected chi connectivity index (χ0v) is 8.46. The second kappa shape index (κ2) is 3.37. The molecule has 0 aliphatic heterocycles. The molecule has 1 aromatic carbocycles. The van der Waals surface area contributed by atoms with Gasteiger partial charge in [-0.3, -0.25) is 0 Å². The van der Waals surface area contributed by atoms with Gasteiger partial charge in [-0.2, -0.15) is 0 Å². The Bertz CT molecular complexity index is 238. The monoisotopic (exact) mass is 148 g/mol. The summed E-state index contributed by atoms with van der Waals surface area (Å²) in [4.78, 5) is 0. The molecule has 0 aromatic heterocycles. The molecule has 0 radical (unpaired) electrons. The number of rotatable bonds is 1. The number of aryl methyl sites for hydroxylation is 1. The van der Waals surface area contributed by atoms with Gasteiger partial charge < -0.3 is 0 Å². The summed E-state index contributed by atoms with van der Waals surface area (Å²) >= 11 is 0. The summed E-state index contributed by atoms with van der Waals surface area (Å²) in [5.74, 6) is 0. The maximum Gasteiger partial charge on any atom is 0.0291 e. The third kappa shape index (κ3) is 1.85. The first kappa shape index (κ1) is 7.29. The Morgan fingerprint density at radius 1 is 1.40 bits per heavy atom. The molecule has 0 spiro atoms. The molecule has 0 aliphatic rings. The Labute approximate surface area is 65.0 Å². The zero-order valence-electron chi connectivity index (χ0n) is 6.46. The highest BCUT2D eigenvalue weighted by molar-refractivity contribution is 6.19. The van der Waals surface area contributed by atoms with Gasteiger partial charge in [-0.1, -0.05) is 35.9 Å². The van der Waals surface area contributed by atoms with Crippen LogP contribution in [0.15, 0.2) is 30.0 Å². The summed E-state index contributed by atoms with van der Waals surface area (Å²) in [6, 6.07) is 8.52. The molecular weight excluding hydrogens is 136 g/mol. The highest BCUT2D eigenvalue weighted by Crippen LogP contribution is 2.04. The predicted molar refractivity (Wildman–Crippen MR) is 50.2 cm³/mol. The van der Waals surface area contributed by atoms with Gasteiger partial charge in [-0.15, -0.1) is 5.70 Å². The lowest BCUT2D eigenvalue weighted by molar-refractivity contribution is 1.46. The van der Waals surface area contributed by atoms with Crippen molar-refractivity contribution < 1.29 is 0 Å². The van der Waals surface area contributed by atoms with Crippen molar-refractivity contribution in [1.29, 1.82) is 0 Å². The van der Waals surface area contributed by atoms with Gasteiger partial charge in [0.1, 0.15) is 0 Å². The van der Waals surface area contributed by atoms with E-state index in [0.29, 0.717) is 0 Å². The van der Waals surface area contributed by atoms with Crippen LogP contribution in [-0.4, -0.2) is 10.2 Å². The summed E-state index contributed by atoms with van der Waals surface area (Å²) < 4.78 is 0. The predicted octanol–water partition coefficient (Wildman–Crippen LogP) is 1.33. The van der Waals surface area contributed by atoms with Crippen LogP contribution in [-0.2, 0) is 0 Å². The Kier molecular flexibility index (Phi) is 2.46. The molecule has 1 heteroatoms. The van der Waals surface area contributed by atoms with E-state index in [-0.39, 0.29) is 0 Å². The van der Waals surface area contributed by atoms with Gasteiger partial charge in [0, 0.05) is 10.2 Å². The first-order chi connectivity index (χ1) is 4.83. The van der Waals surface area contributed by atoms with Crippen molar-refractivity contribution in [2.24, 2.45) is 0 Å². The van der Waals surface area contributed by atoms with E-state index >= 15 is 0 Å². The van der Waals surface area contributed by atoms with E-state index in [1.807, 2.05) is 0 Å². The van der Waals surface area contributed by atoms with E-state index in [0.717, 1.165) is 10.2 Å². The first-order valence-electron chi connectivity index (χ1n) is 3.52. The Hall–Kier alpha value is -0.823. The van der Waals surface area contributed by atoms with Gasteiger partial charge in [-0.05, 0) is 12.5 Å². The fraction of sp³-hybridized carbons (Fsp3) is 0.111. The van der Waals surface area contributed by atoms with E-state index in [4.69, 9.17) is 0 Å². The van der Waals surface area contributed by atoms with E-state index in [9.17, 15) is 0 Å². The summed E-state index contributed by atoms with van der Waals surface area (Å²) in [6.45, 7) is 2.12. The lowest BCUT2D eigenvalue weighted by Gasteiger charge is -1.93. The third-order valence-electron chi connectivity index (χ3n) is 1.40. The van der Waals surface area contributed by atoms with Crippen LogP contribution in [0.25, 0.3) is 6.08 Å². The molecule has 0 bridgehead atoms. The molecule has 0 amide bonds. The van der Waals surface area contributed by atoms with Gasteiger partial charge in [0.05, 0.1) is 0 Å². The first-order valence-corrected chi connectivity index (χ1v) is 4.68. The molecule has 0 saturated carbocycles. The standard InChI is InChI=1S/C9H12Si/c1-8-3-2-4-9(7-8)5-6-10/h2-7H,1,10H3. The average Bonchev–Trinajstić information content (AvgIpc) is 1.88. The summed E-state index contributed by atoms with van der Waals surface area (Å²) in [7, 11) is 1.14. The Morgan fingerprint density at radius 2 is 2.20 bits per heavy atom. The average molecular weight is 148 g/mol. The second-order valence-corrected chi connectivity index (χ2v) is 3.08. The Morgan fingerprint density at radius 3 is 2.80 bits per heavy atom. The van der Waals surface area contributed by atoms with Crippen molar-refractivity contribution in [3.05, 3.63) is 41.1 Å². The fourth-order valence-electron chi connectivity index (χ4n) is 0.966. The third-order valence-corrected chi connectivity index (χ3v) is 1.73. The molecule has 0 atom stereocenters. The minimum Gasteiger partial charge on any atom is -0.105 e. The van der Waals surface area contributed by atoms with Crippen molar-refractivity contribution in [2.45, 2.75) is 6.92 Å². The summed E-state index contributed by atoms with van der Waals surface area (Å²) in [5.41, 5.74) is 4.83. The van der Waals surface area contributed by atoms with Crippen LogP contribution in [0.5, 0.6) is 0 Å². The van der Waals surface area contributed by atoms with Crippen molar-refractivity contribution in [2.75, 3.05) is 0 Å². The molecule has 0 unspecified atom stereocenters. The molecule has 0 nitrogen and oxygen atoms in total. The lowest BCUT2D eigenvalue weighted by Crippen LogP contribution is -1.73. The zero-order chi connectivity index (χ0) is 7.40. The van der Waals surface area contributed by atoms with E-state index in [1.54, 1.807) is 0 Å². The highest BCUT2D eigenvalue weighted by Gasteiger charge is 1.84. The van der Waals surface area contributed by atoms with Crippen molar-refractivity contribution in [3.8, 4) is 0 Å². The highest BCUT2D eigenvalue weighted by atomic mass is 28.1. The van der Waals surface area contributed by atoms with Crippen molar-refractivity contribution in [3.63, 3.8) is 0 Å². The molecular formula is C9H12Si. The molecule has 0 aliphatic carbocycles. The van der Waals surface area contributed by atoms with Gasteiger partial charge in [0.2, 0.25) is 0 Å². The molecule has 0 fully saturated rings. The van der Waals surface area contributed by atoms with E-state index in [2.05, 4.69) is 43.0 Å². The molecule has 1 rings (SSSR count). The van der Waals surface area contributed by atoms with Crippen LogP contribution in [0.2, 0.25) is 0 Å². The van der Waals surface area contributed by atoms with Crippen molar-refractivity contribution >= 4 is 16.3 Å². The summed E-state index contributed by atoms with van der Waals surface area (Å²) in [6.07, 6.45) is 2.17. The van der Waals surface area contributed by atoms with Gasteiger partial charge >= 0.3 is 0 Å². The quantitative estimate of drug-likeness (QED) is 0.527. The molecule has 52 valence electrons. The molecule has 1 aromatic rings. The lowest BCUT2D eigenvalue weighted by atomic mass is 10.1. The fourth-order valence-corrected chi connectivity index (χ4v) is 1.35. The van der Waals surface area contributed by atoms with Crippen LogP contribution in [0.1, 0.15) is 11.1 Å². The number of hydrogen-bond acceptors (Lipinski definition) is 0. The molecule has 0 saturated heterocycles. The van der Waals surface area contributed by atoms with Crippen LogP contribution in [0.3, 0.4) is 0 Å². The van der Waals surface area contributed by atoms with Crippen LogP contribution in [0, 0.1) is 6.92 Å². The normalized spacial score (nSPS) is 10.9. The second-order valence-electron chi connectivity index (χ2n) is 2.41. The largest absolute Gasteiger partial charge is 0.105 e. The minimum absolute atomic E-state index is 1.14. The molecule has 0 N–H and O–H groups in total. The smallest absolute Gasteiger partial charge is 0.0291 e. The topological polar surface area (TPSA) is 0 Å². The number of benzene rings is 1. The van der Waals surface area contributed by atoms with Gasteiger partial charge in [-0.25, -0.2) is 0 Å². The van der Waals surface area contributed by atoms with Crippen LogP contribution >= 0.6 is 0 Å². The van der Waals surface area contributed by atoms with E-state index < -0.39 is 0 Å². The maximum atomic E-state index is 2.19. The SMILES string of the molecule is Cc1cccc(C=C[SiH3])c1. The van der Waals surface area contributed by atoms with Crippen LogP contribution < -0.4 is 0 Å².